The van der Waals surface area contributed by atoms with Crippen molar-refractivity contribution in [3.63, 3.8) is 0 Å². The third kappa shape index (κ3) is 2.70. The lowest BCUT2D eigenvalue weighted by atomic mass is 9.93. The number of nitrogens with zero attached hydrogens (tertiary/aromatic N) is 3. The molecule has 3 atom stereocenters. The lowest BCUT2D eigenvalue weighted by molar-refractivity contribution is 0.111. The molecule has 3 fully saturated rings. The molecule has 120 valence electrons. The summed E-state index contributed by atoms with van der Waals surface area (Å²) in [6, 6.07) is 1.80. The van der Waals surface area contributed by atoms with Crippen molar-refractivity contribution >= 4 is 16.0 Å². The van der Waals surface area contributed by atoms with Crippen LogP contribution < -0.4 is 9.62 Å². The van der Waals surface area contributed by atoms with E-state index in [0.29, 0.717) is 19.1 Å². The SMILES string of the molecule is O=S(=O)(NC[C@H]1CO[C@@H]2CN(c3ncccn3)C[C@H]12)C1CC1. The van der Waals surface area contributed by atoms with Crippen molar-refractivity contribution in [3.8, 4) is 0 Å². The number of hydrogen-bond donors (Lipinski definition) is 1. The molecule has 2 aliphatic heterocycles. The Balaban J connectivity index is 1.38. The van der Waals surface area contributed by atoms with Crippen molar-refractivity contribution in [1.29, 1.82) is 0 Å². The Kier molecular flexibility index (Phi) is 3.54. The van der Waals surface area contributed by atoms with Crippen molar-refractivity contribution < 1.29 is 13.2 Å². The maximum absolute atomic E-state index is 11.9. The smallest absolute Gasteiger partial charge is 0.225 e. The van der Waals surface area contributed by atoms with E-state index in [4.69, 9.17) is 4.74 Å². The minimum Gasteiger partial charge on any atom is -0.376 e. The molecular formula is C14H20N4O3S. The first-order valence-electron chi connectivity index (χ1n) is 7.75. The predicted molar refractivity (Wildman–Crippen MR) is 80.9 cm³/mol. The molecule has 0 unspecified atom stereocenters. The Bertz CT molecular complexity index is 635. The summed E-state index contributed by atoms with van der Waals surface area (Å²) in [6.45, 7) is 2.71. The van der Waals surface area contributed by atoms with Crippen LogP contribution in [0.5, 0.6) is 0 Å². The summed E-state index contributed by atoms with van der Waals surface area (Å²) in [5.74, 6) is 1.29. The largest absolute Gasteiger partial charge is 0.376 e. The summed E-state index contributed by atoms with van der Waals surface area (Å²) >= 11 is 0. The van der Waals surface area contributed by atoms with Crippen LogP contribution in [0.2, 0.25) is 0 Å². The predicted octanol–water partition coefficient (Wildman–Crippen LogP) is 0.00960. The minimum atomic E-state index is -3.11. The van der Waals surface area contributed by atoms with Crippen LogP contribution in [0.3, 0.4) is 0 Å². The highest BCUT2D eigenvalue weighted by Gasteiger charge is 2.45. The Hall–Kier alpha value is -1.25. The van der Waals surface area contributed by atoms with E-state index in [-0.39, 0.29) is 17.3 Å². The van der Waals surface area contributed by atoms with Crippen LogP contribution in [0.1, 0.15) is 12.8 Å². The first-order valence-corrected chi connectivity index (χ1v) is 9.30. The van der Waals surface area contributed by atoms with Gasteiger partial charge in [0, 0.05) is 43.9 Å². The second kappa shape index (κ2) is 5.43. The summed E-state index contributed by atoms with van der Waals surface area (Å²) in [5.41, 5.74) is 0. The molecule has 3 aliphatic rings. The average Bonchev–Trinajstić information content (AvgIpc) is 3.20. The second-order valence-corrected chi connectivity index (χ2v) is 8.39. The van der Waals surface area contributed by atoms with Crippen LogP contribution in [-0.4, -0.2) is 56.0 Å². The van der Waals surface area contributed by atoms with Crippen molar-refractivity contribution in [2.24, 2.45) is 11.8 Å². The van der Waals surface area contributed by atoms with E-state index in [1.165, 1.54) is 0 Å². The number of ether oxygens (including phenoxy) is 1. The molecule has 0 radical (unpaired) electrons. The number of anilines is 1. The molecule has 4 rings (SSSR count). The summed E-state index contributed by atoms with van der Waals surface area (Å²) in [5, 5.41) is -0.164. The quantitative estimate of drug-likeness (QED) is 0.821. The van der Waals surface area contributed by atoms with E-state index < -0.39 is 10.0 Å². The summed E-state index contributed by atoms with van der Waals surface area (Å²) in [4.78, 5) is 10.7. The van der Waals surface area contributed by atoms with Gasteiger partial charge in [-0.25, -0.2) is 23.1 Å². The molecule has 3 heterocycles. The van der Waals surface area contributed by atoms with Gasteiger partial charge in [-0.1, -0.05) is 0 Å². The lowest BCUT2D eigenvalue weighted by Gasteiger charge is -2.19. The molecule has 7 nitrogen and oxygen atoms in total. The van der Waals surface area contributed by atoms with Gasteiger partial charge in [0.05, 0.1) is 18.0 Å². The molecule has 0 aromatic carbocycles. The topological polar surface area (TPSA) is 84.4 Å². The first kappa shape index (κ1) is 14.3. The number of fused-ring (bicyclic) bond motifs is 1. The normalized spacial score (nSPS) is 31.5. The maximum Gasteiger partial charge on any atom is 0.225 e. The van der Waals surface area contributed by atoms with Crippen molar-refractivity contribution in [1.82, 2.24) is 14.7 Å². The Morgan fingerprint density at radius 1 is 1.27 bits per heavy atom. The fourth-order valence-corrected chi connectivity index (χ4v) is 4.79. The zero-order valence-corrected chi connectivity index (χ0v) is 13.1. The monoisotopic (exact) mass is 324 g/mol. The van der Waals surface area contributed by atoms with Crippen LogP contribution in [0.4, 0.5) is 5.95 Å². The number of hydrogen-bond acceptors (Lipinski definition) is 6. The fraction of sp³-hybridized carbons (Fsp3) is 0.714. The number of sulfonamides is 1. The molecule has 0 bridgehead atoms. The molecule has 0 amide bonds. The van der Waals surface area contributed by atoms with E-state index in [1.54, 1.807) is 18.5 Å². The van der Waals surface area contributed by atoms with E-state index in [0.717, 1.165) is 31.9 Å². The van der Waals surface area contributed by atoms with Crippen molar-refractivity contribution in [2.75, 3.05) is 31.1 Å². The molecule has 1 aliphatic carbocycles. The summed E-state index contributed by atoms with van der Waals surface area (Å²) in [6.07, 6.45) is 5.21. The molecule has 1 aromatic heterocycles. The standard InChI is InChI=1S/C14H20N4O3S/c19-22(20,11-2-3-11)17-6-10-9-21-13-8-18(7-12(10)13)14-15-4-1-5-16-14/h1,4-5,10-13,17H,2-3,6-9H2/t10-,12+,13+/m0/s1. The zero-order chi connectivity index (χ0) is 15.2. The molecule has 1 N–H and O–H groups in total. The van der Waals surface area contributed by atoms with E-state index >= 15 is 0 Å². The van der Waals surface area contributed by atoms with Crippen LogP contribution in [0, 0.1) is 11.8 Å². The second-order valence-electron chi connectivity index (χ2n) is 6.34. The fourth-order valence-electron chi connectivity index (χ4n) is 3.35. The average molecular weight is 324 g/mol. The van der Waals surface area contributed by atoms with Gasteiger partial charge in [0.15, 0.2) is 0 Å². The van der Waals surface area contributed by atoms with Crippen LogP contribution >= 0.6 is 0 Å². The highest BCUT2D eigenvalue weighted by molar-refractivity contribution is 7.90. The lowest BCUT2D eigenvalue weighted by Crippen LogP contribution is -2.36. The van der Waals surface area contributed by atoms with Crippen LogP contribution in [0.15, 0.2) is 18.5 Å². The van der Waals surface area contributed by atoms with E-state index in [1.807, 2.05) is 0 Å². The van der Waals surface area contributed by atoms with Gasteiger partial charge >= 0.3 is 0 Å². The van der Waals surface area contributed by atoms with Gasteiger partial charge in [-0.15, -0.1) is 0 Å². The zero-order valence-electron chi connectivity index (χ0n) is 12.3. The Labute approximate surface area is 130 Å². The highest BCUT2D eigenvalue weighted by atomic mass is 32.2. The van der Waals surface area contributed by atoms with Gasteiger partial charge in [-0.2, -0.15) is 0 Å². The van der Waals surface area contributed by atoms with Gasteiger partial charge in [0.2, 0.25) is 16.0 Å². The molecule has 1 saturated carbocycles. The van der Waals surface area contributed by atoms with Gasteiger partial charge in [0.25, 0.3) is 0 Å². The van der Waals surface area contributed by atoms with Crippen LogP contribution in [-0.2, 0) is 14.8 Å². The van der Waals surface area contributed by atoms with Gasteiger partial charge in [-0.05, 0) is 18.9 Å². The van der Waals surface area contributed by atoms with Gasteiger partial charge < -0.3 is 9.64 Å². The number of nitrogens with one attached hydrogen (secondary N) is 1. The molecule has 8 heteroatoms. The summed E-state index contributed by atoms with van der Waals surface area (Å²) < 4.78 is 32.5. The summed E-state index contributed by atoms with van der Waals surface area (Å²) in [7, 11) is -3.11. The van der Waals surface area contributed by atoms with Crippen molar-refractivity contribution in [3.05, 3.63) is 18.5 Å². The molecule has 22 heavy (non-hydrogen) atoms. The Morgan fingerprint density at radius 2 is 2.05 bits per heavy atom. The molecule has 1 aromatic rings. The Morgan fingerprint density at radius 3 is 2.77 bits per heavy atom. The third-order valence-electron chi connectivity index (χ3n) is 4.78. The maximum atomic E-state index is 11.9. The first-order chi connectivity index (χ1) is 10.6. The number of aromatic nitrogens is 2. The van der Waals surface area contributed by atoms with Crippen LogP contribution in [0.25, 0.3) is 0 Å². The highest BCUT2D eigenvalue weighted by Crippen LogP contribution is 2.35. The minimum absolute atomic E-state index is 0.152. The molecular weight excluding hydrogens is 304 g/mol. The van der Waals surface area contributed by atoms with Gasteiger partial charge in [0.1, 0.15) is 0 Å². The van der Waals surface area contributed by atoms with Gasteiger partial charge in [-0.3, -0.25) is 0 Å². The number of rotatable bonds is 5. The van der Waals surface area contributed by atoms with Crippen molar-refractivity contribution in [2.45, 2.75) is 24.2 Å². The van der Waals surface area contributed by atoms with E-state index in [9.17, 15) is 8.42 Å². The third-order valence-corrected chi connectivity index (χ3v) is 6.70. The molecule has 2 saturated heterocycles. The molecule has 0 spiro atoms. The van der Waals surface area contributed by atoms with E-state index in [2.05, 4.69) is 19.6 Å².